The highest BCUT2D eigenvalue weighted by molar-refractivity contribution is 5.94. The van der Waals surface area contributed by atoms with Crippen molar-refractivity contribution >= 4 is 5.91 Å². The minimum atomic E-state index is -0.323. The first-order valence-electron chi connectivity index (χ1n) is 6.27. The molecular formula is C16H16FNO2. The monoisotopic (exact) mass is 273 g/mol. The van der Waals surface area contributed by atoms with Crippen molar-refractivity contribution in [3.05, 3.63) is 65.0 Å². The average molecular weight is 273 g/mol. The molecule has 0 heterocycles. The summed E-state index contributed by atoms with van der Waals surface area (Å²) in [6.45, 7) is 2.07. The van der Waals surface area contributed by atoms with Gasteiger partial charge in [0, 0.05) is 19.2 Å². The number of phenolic OH excluding ortho intramolecular Hbond substituents is 1. The van der Waals surface area contributed by atoms with Crippen LogP contribution in [0.15, 0.2) is 42.5 Å². The molecule has 2 aromatic rings. The summed E-state index contributed by atoms with van der Waals surface area (Å²) < 4.78 is 13.1. The van der Waals surface area contributed by atoms with Crippen molar-refractivity contribution in [3.8, 4) is 5.75 Å². The van der Waals surface area contributed by atoms with Crippen molar-refractivity contribution in [2.45, 2.75) is 13.5 Å². The highest BCUT2D eigenvalue weighted by Gasteiger charge is 2.13. The van der Waals surface area contributed by atoms with Gasteiger partial charge in [-0.1, -0.05) is 18.2 Å². The molecule has 104 valence electrons. The quantitative estimate of drug-likeness (QED) is 0.933. The van der Waals surface area contributed by atoms with Crippen molar-refractivity contribution in [1.29, 1.82) is 0 Å². The average Bonchev–Trinajstić information content (AvgIpc) is 2.41. The van der Waals surface area contributed by atoms with Gasteiger partial charge in [-0.3, -0.25) is 4.79 Å². The van der Waals surface area contributed by atoms with Crippen LogP contribution in [-0.4, -0.2) is 23.0 Å². The highest BCUT2D eigenvalue weighted by atomic mass is 19.1. The molecule has 0 saturated heterocycles. The fourth-order valence-electron chi connectivity index (χ4n) is 1.94. The third-order valence-corrected chi connectivity index (χ3v) is 3.11. The van der Waals surface area contributed by atoms with Crippen LogP contribution in [0.5, 0.6) is 5.75 Å². The van der Waals surface area contributed by atoms with Gasteiger partial charge >= 0.3 is 0 Å². The lowest BCUT2D eigenvalue weighted by molar-refractivity contribution is 0.0784. The maximum absolute atomic E-state index is 13.1. The molecule has 3 nitrogen and oxygen atoms in total. The van der Waals surface area contributed by atoms with Crippen molar-refractivity contribution in [3.63, 3.8) is 0 Å². The zero-order valence-corrected chi connectivity index (χ0v) is 11.4. The molecule has 2 aromatic carbocycles. The molecule has 0 atom stereocenters. The number of nitrogens with zero attached hydrogens (tertiary/aromatic N) is 1. The summed E-state index contributed by atoms with van der Waals surface area (Å²) in [5, 5.41) is 9.64. The molecule has 0 radical (unpaired) electrons. The summed E-state index contributed by atoms with van der Waals surface area (Å²) in [7, 11) is 1.64. The molecule has 0 unspecified atom stereocenters. The smallest absolute Gasteiger partial charge is 0.254 e. The van der Waals surface area contributed by atoms with Crippen LogP contribution in [0, 0.1) is 12.7 Å². The standard InChI is InChI=1S/C16H16FNO2/c1-11-6-7-13(9-15(11)19)16(20)18(2)10-12-4-3-5-14(17)8-12/h3-9,19H,10H2,1-2H3. The van der Waals surface area contributed by atoms with Crippen LogP contribution in [0.4, 0.5) is 4.39 Å². The van der Waals surface area contributed by atoms with E-state index in [2.05, 4.69) is 0 Å². The first-order valence-corrected chi connectivity index (χ1v) is 6.27. The van der Waals surface area contributed by atoms with E-state index in [9.17, 15) is 14.3 Å². The lowest BCUT2D eigenvalue weighted by atomic mass is 10.1. The number of rotatable bonds is 3. The van der Waals surface area contributed by atoms with Crippen LogP contribution >= 0.6 is 0 Å². The Morgan fingerprint density at radius 2 is 2.00 bits per heavy atom. The third kappa shape index (κ3) is 3.15. The second kappa shape index (κ2) is 5.74. The Morgan fingerprint density at radius 3 is 2.65 bits per heavy atom. The molecule has 0 aliphatic rings. The number of aryl methyl sites for hydroxylation is 1. The number of amides is 1. The summed E-state index contributed by atoms with van der Waals surface area (Å²) >= 11 is 0. The molecule has 1 amide bonds. The Bertz CT molecular complexity index is 640. The fraction of sp³-hybridized carbons (Fsp3) is 0.188. The number of halogens is 1. The van der Waals surface area contributed by atoms with Crippen molar-refractivity contribution in [2.75, 3.05) is 7.05 Å². The van der Waals surface area contributed by atoms with Crippen LogP contribution in [0.2, 0.25) is 0 Å². The molecule has 0 spiro atoms. The molecule has 0 saturated carbocycles. The summed E-state index contributed by atoms with van der Waals surface area (Å²) in [4.78, 5) is 13.7. The normalized spacial score (nSPS) is 10.3. The number of carbonyl (C=O) groups is 1. The molecular weight excluding hydrogens is 257 g/mol. The van der Waals surface area contributed by atoms with E-state index >= 15 is 0 Å². The molecule has 0 aliphatic heterocycles. The second-order valence-corrected chi connectivity index (χ2v) is 4.79. The molecule has 0 aliphatic carbocycles. The predicted molar refractivity (Wildman–Crippen MR) is 75.0 cm³/mol. The second-order valence-electron chi connectivity index (χ2n) is 4.79. The predicted octanol–water partition coefficient (Wildman–Crippen LogP) is 3.11. The van der Waals surface area contributed by atoms with Gasteiger partial charge in [0.15, 0.2) is 0 Å². The van der Waals surface area contributed by atoms with Gasteiger partial charge in [0.05, 0.1) is 0 Å². The van der Waals surface area contributed by atoms with Gasteiger partial charge in [-0.25, -0.2) is 4.39 Å². The van der Waals surface area contributed by atoms with E-state index in [1.54, 1.807) is 38.2 Å². The van der Waals surface area contributed by atoms with E-state index < -0.39 is 0 Å². The Balaban J connectivity index is 2.14. The van der Waals surface area contributed by atoms with Gasteiger partial charge in [-0.15, -0.1) is 0 Å². The zero-order valence-electron chi connectivity index (χ0n) is 11.4. The van der Waals surface area contributed by atoms with E-state index in [4.69, 9.17) is 0 Å². The van der Waals surface area contributed by atoms with Crippen LogP contribution in [0.1, 0.15) is 21.5 Å². The zero-order chi connectivity index (χ0) is 14.7. The highest BCUT2D eigenvalue weighted by Crippen LogP contribution is 2.19. The Labute approximate surface area is 117 Å². The SMILES string of the molecule is Cc1ccc(C(=O)N(C)Cc2cccc(F)c2)cc1O. The van der Waals surface area contributed by atoms with Gasteiger partial charge in [-0.05, 0) is 42.3 Å². The number of hydrogen-bond donors (Lipinski definition) is 1. The maximum atomic E-state index is 13.1. The maximum Gasteiger partial charge on any atom is 0.254 e. The number of hydrogen-bond acceptors (Lipinski definition) is 2. The molecule has 0 aromatic heterocycles. The Hall–Kier alpha value is -2.36. The van der Waals surface area contributed by atoms with Crippen molar-refractivity contribution in [1.82, 2.24) is 4.90 Å². The number of benzene rings is 2. The lowest BCUT2D eigenvalue weighted by Crippen LogP contribution is -2.26. The van der Waals surface area contributed by atoms with Gasteiger partial charge in [0.1, 0.15) is 11.6 Å². The van der Waals surface area contributed by atoms with E-state index in [1.807, 2.05) is 0 Å². The first kappa shape index (κ1) is 14.1. The number of phenols is 1. The molecule has 0 bridgehead atoms. The Morgan fingerprint density at radius 1 is 1.25 bits per heavy atom. The largest absolute Gasteiger partial charge is 0.508 e. The summed E-state index contributed by atoms with van der Waals surface area (Å²) in [6.07, 6.45) is 0. The minimum Gasteiger partial charge on any atom is -0.508 e. The molecule has 20 heavy (non-hydrogen) atoms. The van der Waals surface area contributed by atoms with Crippen LogP contribution in [0.25, 0.3) is 0 Å². The lowest BCUT2D eigenvalue weighted by Gasteiger charge is -2.17. The van der Waals surface area contributed by atoms with Gasteiger partial charge in [-0.2, -0.15) is 0 Å². The van der Waals surface area contributed by atoms with E-state index in [-0.39, 0.29) is 17.5 Å². The van der Waals surface area contributed by atoms with Gasteiger partial charge < -0.3 is 10.0 Å². The fourth-order valence-corrected chi connectivity index (χ4v) is 1.94. The number of aromatic hydroxyl groups is 1. The third-order valence-electron chi connectivity index (χ3n) is 3.11. The number of carbonyl (C=O) groups excluding carboxylic acids is 1. The van der Waals surface area contributed by atoms with Gasteiger partial charge in [0.25, 0.3) is 5.91 Å². The molecule has 4 heteroatoms. The summed E-state index contributed by atoms with van der Waals surface area (Å²) in [5.74, 6) is -0.448. The Kier molecular flexibility index (Phi) is 4.03. The van der Waals surface area contributed by atoms with Crippen molar-refractivity contribution < 1.29 is 14.3 Å². The molecule has 2 rings (SSSR count). The first-order chi connectivity index (χ1) is 9.47. The van der Waals surface area contributed by atoms with Crippen molar-refractivity contribution in [2.24, 2.45) is 0 Å². The summed E-state index contributed by atoms with van der Waals surface area (Å²) in [6, 6.07) is 10.9. The minimum absolute atomic E-state index is 0.0926. The van der Waals surface area contributed by atoms with E-state index in [0.717, 1.165) is 5.56 Å². The summed E-state index contributed by atoms with van der Waals surface area (Å²) in [5.41, 5.74) is 1.85. The molecule has 0 fully saturated rings. The molecule has 1 N–H and O–H groups in total. The van der Waals surface area contributed by atoms with Crippen LogP contribution in [0.3, 0.4) is 0 Å². The van der Waals surface area contributed by atoms with E-state index in [1.165, 1.54) is 23.1 Å². The van der Waals surface area contributed by atoms with E-state index in [0.29, 0.717) is 17.7 Å². The van der Waals surface area contributed by atoms with Gasteiger partial charge in [0.2, 0.25) is 0 Å². The van der Waals surface area contributed by atoms with Crippen LogP contribution in [-0.2, 0) is 6.54 Å². The topological polar surface area (TPSA) is 40.5 Å². The van der Waals surface area contributed by atoms with Crippen LogP contribution < -0.4 is 0 Å².